The topological polar surface area (TPSA) is 50.3 Å². The van der Waals surface area contributed by atoms with Gasteiger partial charge in [-0.1, -0.05) is 62.9 Å². The first kappa shape index (κ1) is 55.1. The summed E-state index contributed by atoms with van der Waals surface area (Å²) in [7, 11) is 9.15. The Hall–Kier alpha value is -1.84. The Morgan fingerprint density at radius 1 is 0.515 bits per heavy atom. The molecule has 0 spiro atoms. The largest absolute Gasteiger partial charge is 0.336 e. The van der Waals surface area contributed by atoms with Crippen LogP contribution in [0.4, 0.5) is 0 Å². The van der Waals surface area contributed by atoms with Crippen LogP contribution in [0.5, 0.6) is 0 Å². The second-order valence-corrected chi connectivity index (χ2v) is 27.7. The van der Waals surface area contributed by atoms with Gasteiger partial charge in [-0.05, 0) is 189 Å². The highest BCUT2D eigenvalue weighted by molar-refractivity contribution is 5.98. The number of benzene rings is 1. The molecule has 2 amide bonds. The number of nitrogens with zero attached hydrogens (tertiary/aromatic N) is 6. The van der Waals surface area contributed by atoms with E-state index in [0.717, 1.165) is 76.3 Å². The first-order chi connectivity index (χ1) is 30.1. The normalized spacial score (nSPS) is 26.8. The number of hydrogen-bond donors (Lipinski definition) is 0. The Balaban J connectivity index is 1.82. The van der Waals surface area contributed by atoms with Crippen molar-refractivity contribution in [2.24, 2.45) is 5.92 Å². The molecule has 8 nitrogen and oxygen atoms in total. The van der Waals surface area contributed by atoms with Crippen LogP contribution in [-0.2, 0) is 16.0 Å². The van der Waals surface area contributed by atoms with Crippen molar-refractivity contribution in [1.82, 2.24) is 24.5 Å². The third kappa shape index (κ3) is 11.0. The fourth-order valence-electron chi connectivity index (χ4n) is 14.9. The molecular weight excluding hydrogens is 813 g/mol. The van der Waals surface area contributed by atoms with Gasteiger partial charge in [0.1, 0.15) is 0 Å². The molecular formula is C58H105N6O2+. The van der Waals surface area contributed by atoms with E-state index in [1.54, 1.807) is 0 Å². The van der Waals surface area contributed by atoms with Gasteiger partial charge in [0.15, 0.2) is 5.92 Å². The number of unbranched alkanes of at least 4 members (excludes halogenated alkanes) is 5. The minimum absolute atomic E-state index is 0.00707. The van der Waals surface area contributed by atoms with E-state index >= 15 is 9.59 Å². The van der Waals surface area contributed by atoms with Crippen molar-refractivity contribution in [3.05, 3.63) is 35.9 Å². The number of likely N-dealkylation sites (tertiary alicyclic amines) is 4. The van der Waals surface area contributed by atoms with E-state index in [2.05, 4.69) is 201 Å². The van der Waals surface area contributed by atoms with Crippen LogP contribution in [-0.4, -0.2) is 144 Å². The Labute approximate surface area is 407 Å². The molecule has 4 heterocycles. The number of amides is 2. The zero-order valence-corrected chi connectivity index (χ0v) is 47.1. The third-order valence-electron chi connectivity index (χ3n) is 19.7. The molecule has 0 bridgehead atoms. The van der Waals surface area contributed by atoms with E-state index in [0.29, 0.717) is 10.9 Å². The maximum absolute atomic E-state index is 17.5. The van der Waals surface area contributed by atoms with Crippen LogP contribution in [0.2, 0.25) is 0 Å². The Bertz CT molecular complexity index is 1650. The molecule has 0 aliphatic carbocycles. The summed E-state index contributed by atoms with van der Waals surface area (Å²) in [5.41, 5.74) is 0.0461. The number of rotatable bonds is 15. The molecule has 0 aromatic heterocycles. The number of hydrogen-bond acceptors (Lipinski definition) is 6. The van der Waals surface area contributed by atoms with Gasteiger partial charge in [-0.3, -0.25) is 28.9 Å². The van der Waals surface area contributed by atoms with Gasteiger partial charge < -0.3 is 4.90 Å². The van der Waals surface area contributed by atoms with E-state index in [1.807, 2.05) is 0 Å². The predicted molar refractivity (Wildman–Crippen MR) is 280 cm³/mol. The Morgan fingerprint density at radius 2 is 0.833 bits per heavy atom. The molecule has 1 aromatic rings. The molecule has 1 unspecified atom stereocenters. The summed E-state index contributed by atoms with van der Waals surface area (Å²) in [5.74, 6) is -0.502. The molecule has 4 aliphatic rings. The van der Waals surface area contributed by atoms with E-state index in [9.17, 15) is 0 Å². The number of carbonyl (C=O) groups excluding carboxylic acids is 2. The average molecular weight is 919 g/mol. The molecule has 0 radical (unpaired) electrons. The maximum atomic E-state index is 17.5. The molecule has 8 heteroatoms. The summed E-state index contributed by atoms with van der Waals surface area (Å²) in [4.78, 5) is 47.2. The van der Waals surface area contributed by atoms with Crippen molar-refractivity contribution < 1.29 is 14.1 Å². The quantitative estimate of drug-likeness (QED) is 0.0993. The average Bonchev–Trinajstić information content (AvgIpc) is 3.18. The monoisotopic (exact) mass is 918 g/mol. The smallest absolute Gasteiger partial charge is 0.327 e. The molecule has 4 aliphatic heterocycles. The highest BCUT2D eigenvalue weighted by atomic mass is 16.2. The van der Waals surface area contributed by atoms with E-state index < -0.39 is 5.92 Å². The van der Waals surface area contributed by atoms with Crippen LogP contribution in [0.15, 0.2) is 30.3 Å². The maximum Gasteiger partial charge on any atom is 0.327 e. The van der Waals surface area contributed by atoms with Crippen LogP contribution in [0.1, 0.15) is 213 Å². The second kappa shape index (κ2) is 19.4. The number of carbonyl (C=O) groups is 2. The SMILES string of the molecule is CCCCCCCC[N+](C(=O)C(Cc1ccccc1)C(=O)N(C1CC(C)(C)N(C)C(C)(C)C1)C1CC(C)(C)N(C)C(C)(C)C1)(C1CC(C)(C)N(C)C(C)(C)C1)C1CC(C)(C)N(C)C(C)(C)C1. The zero-order chi connectivity index (χ0) is 49.9. The van der Waals surface area contributed by atoms with E-state index in [1.165, 1.54) is 25.7 Å². The zero-order valence-electron chi connectivity index (χ0n) is 47.1. The summed E-state index contributed by atoms with van der Waals surface area (Å²) >= 11 is 0. The van der Waals surface area contributed by atoms with Crippen molar-refractivity contribution in [2.45, 2.75) is 282 Å². The van der Waals surface area contributed by atoms with Crippen molar-refractivity contribution in [2.75, 3.05) is 34.7 Å². The van der Waals surface area contributed by atoms with Gasteiger partial charge in [-0.15, -0.1) is 0 Å². The van der Waals surface area contributed by atoms with Gasteiger partial charge in [-0.25, -0.2) is 4.79 Å². The van der Waals surface area contributed by atoms with Crippen LogP contribution >= 0.6 is 0 Å². The molecule has 66 heavy (non-hydrogen) atoms. The van der Waals surface area contributed by atoms with Gasteiger partial charge in [0.25, 0.3) is 0 Å². The van der Waals surface area contributed by atoms with E-state index in [-0.39, 0.29) is 80.3 Å². The third-order valence-corrected chi connectivity index (χ3v) is 19.7. The van der Waals surface area contributed by atoms with Gasteiger partial charge >= 0.3 is 5.91 Å². The summed E-state index contributed by atoms with van der Waals surface area (Å²) in [6.07, 6.45) is 14.7. The standard InChI is InChI=1S/C58H105N6O2/c1-22-23-24-25-26-30-33-64(46-39-55(10,11)61(20)56(12,13)40-46,47-41-57(14,15)62(21)58(16,17)42-47)50(66)48(34-43-31-28-27-29-32-43)49(65)63(44-35-51(2,3)59(18)52(4,5)36-44)45-37-53(6,7)60(19)54(8,9)38-45/h27-29,31-32,44-48H,22-26,30,33-42H2,1-21H3/q+1. The first-order valence-corrected chi connectivity index (χ1v) is 26.8. The first-order valence-electron chi connectivity index (χ1n) is 26.8. The highest BCUT2D eigenvalue weighted by Crippen LogP contribution is 2.50. The molecule has 4 fully saturated rings. The minimum Gasteiger partial charge on any atom is -0.336 e. The lowest BCUT2D eigenvalue weighted by molar-refractivity contribution is -0.911. The Kier molecular flexibility index (Phi) is 16.2. The summed E-state index contributed by atoms with van der Waals surface area (Å²) in [5, 5.41) is 0. The molecule has 0 N–H and O–H groups in total. The van der Waals surface area contributed by atoms with Crippen molar-refractivity contribution in [3.8, 4) is 0 Å². The minimum atomic E-state index is -0.805. The van der Waals surface area contributed by atoms with Crippen LogP contribution in [0.3, 0.4) is 0 Å². The summed E-state index contributed by atoms with van der Waals surface area (Å²) in [6, 6.07) is 10.8. The highest BCUT2D eigenvalue weighted by Gasteiger charge is 2.63. The molecule has 5 rings (SSSR count). The van der Waals surface area contributed by atoms with Gasteiger partial charge in [0.05, 0.1) is 18.6 Å². The lowest BCUT2D eigenvalue weighted by Gasteiger charge is -2.63. The molecule has 1 aromatic carbocycles. The van der Waals surface area contributed by atoms with E-state index in [4.69, 9.17) is 0 Å². The second-order valence-electron chi connectivity index (χ2n) is 27.7. The van der Waals surface area contributed by atoms with Crippen molar-refractivity contribution in [1.29, 1.82) is 0 Å². The van der Waals surface area contributed by atoms with Crippen LogP contribution < -0.4 is 0 Å². The predicted octanol–water partition coefficient (Wildman–Crippen LogP) is 12.0. The Morgan fingerprint density at radius 3 is 1.18 bits per heavy atom. The van der Waals surface area contributed by atoms with Crippen molar-refractivity contribution in [3.63, 3.8) is 0 Å². The van der Waals surface area contributed by atoms with Crippen molar-refractivity contribution >= 4 is 11.8 Å². The fourth-order valence-corrected chi connectivity index (χ4v) is 14.9. The summed E-state index contributed by atoms with van der Waals surface area (Å²) in [6.45, 7) is 41.3. The lowest BCUT2D eigenvalue weighted by Crippen LogP contribution is -2.77. The van der Waals surface area contributed by atoms with Gasteiger partial charge in [0.2, 0.25) is 5.91 Å². The van der Waals surface area contributed by atoms with Gasteiger partial charge in [-0.2, -0.15) is 0 Å². The van der Waals surface area contributed by atoms with Crippen LogP contribution in [0.25, 0.3) is 0 Å². The van der Waals surface area contributed by atoms with Gasteiger partial charge in [0, 0.05) is 82.1 Å². The molecule has 378 valence electrons. The lowest BCUT2D eigenvalue weighted by atomic mass is 9.70. The number of piperidine rings is 4. The summed E-state index contributed by atoms with van der Waals surface area (Å²) < 4.78 is 0.418. The molecule has 0 saturated carbocycles. The number of quaternary nitrogens is 1. The molecule has 4 saturated heterocycles. The molecule has 1 atom stereocenters. The van der Waals surface area contributed by atoms with Crippen LogP contribution in [0, 0.1) is 5.92 Å². The fraction of sp³-hybridized carbons (Fsp3) is 0.862.